The van der Waals surface area contributed by atoms with Crippen LogP contribution in [0.4, 0.5) is 0 Å². The van der Waals surface area contributed by atoms with E-state index in [1.54, 1.807) is 0 Å². The summed E-state index contributed by atoms with van der Waals surface area (Å²) in [6.45, 7) is 2.00. The minimum atomic E-state index is -0.142. The Hall–Kier alpha value is -2.43. The van der Waals surface area contributed by atoms with E-state index < -0.39 is 0 Å². The molecule has 1 aromatic carbocycles. The third-order valence-electron chi connectivity index (χ3n) is 2.66. The number of aryl methyl sites for hydroxylation is 1. The van der Waals surface area contributed by atoms with Crippen molar-refractivity contribution in [2.24, 2.45) is 0 Å². The normalized spacial score (nSPS) is 10.9. The van der Waals surface area contributed by atoms with Crippen molar-refractivity contribution in [1.82, 2.24) is 19.5 Å². The van der Waals surface area contributed by atoms with Gasteiger partial charge in [-0.05, 0) is 19.1 Å². The van der Waals surface area contributed by atoms with Crippen LogP contribution in [-0.2, 0) is 0 Å². The van der Waals surface area contributed by atoms with Gasteiger partial charge in [0, 0.05) is 0 Å². The van der Waals surface area contributed by atoms with Gasteiger partial charge in [-0.3, -0.25) is 9.36 Å². The average molecular weight is 226 g/mol. The number of nitrogens with zero attached hydrogens (tertiary/aromatic N) is 3. The fraction of sp³-hybridized carbons (Fsp3) is 0.0833. The predicted octanol–water partition coefficient (Wildman–Crippen LogP) is 1.42. The molecular formula is C12H10N4O. The van der Waals surface area contributed by atoms with Gasteiger partial charge in [-0.15, -0.1) is 0 Å². The molecule has 0 amide bonds. The number of hydrogen-bond donors (Lipinski definition) is 1. The third kappa shape index (κ3) is 1.52. The Kier molecular flexibility index (Phi) is 2.04. The summed E-state index contributed by atoms with van der Waals surface area (Å²) in [5, 5.41) is 0. The van der Waals surface area contributed by atoms with Gasteiger partial charge in [0.25, 0.3) is 5.56 Å². The van der Waals surface area contributed by atoms with Crippen LogP contribution in [0, 0.1) is 6.92 Å². The first kappa shape index (κ1) is 9.77. The second kappa shape index (κ2) is 3.55. The number of fused-ring (bicyclic) bond motifs is 1. The SMILES string of the molecule is Cc1ccc(-n2cnc3nc[nH]c3c2=O)cc1. The van der Waals surface area contributed by atoms with Gasteiger partial charge in [0.15, 0.2) is 11.2 Å². The van der Waals surface area contributed by atoms with E-state index in [-0.39, 0.29) is 5.56 Å². The third-order valence-corrected chi connectivity index (χ3v) is 2.66. The monoisotopic (exact) mass is 226 g/mol. The number of aromatic nitrogens is 4. The Morgan fingerprint density at radius 3 is 2.71 bits per heavy atom. The Bertz CT molecular complexity index is 724. The van der Waals surface area contributed by atoms with E-state index in [1.165, 1.54) is 17.2 Å². The molecule has 0 aliphatic heterocycles. The van der Waals surface area contributed by atoms with Crippen LogP contribution in [0.2, 0.25) is 0 Å². The number of benzene rings is 1. The highest BCUT2D eigenvalue weighted by molar-refractivity contribution is 5.68. The first-order valence-electron chi connectivity index (χ1n) is 5.23. The lowest BCUT2D eigenvalue weighted by molar-refractivity contribution is 0.956. The highest BCUT2D eigenvalue weighted by Gasteiger charge is 2.06. The molecule has 0 unspecified atom stereocenters. The summed E-state index contributed by atoms with van der Waals surface area (Å²) in [7, 11) is 0. The van der Waals surface area contributed by atoms with Gasteiger partial charge in [0.2, 0.25) is 0 Å². The summed E-state index contributed by atoms with van der Waals surface area (Å²) in [6, 6.07) is 7.69. The van der Waals surface area contributed by atoms with Crippen molar-refractivity contribution >= 4 is 11.2 Å². The van der Waals surface area contributed by atoms with Crippen molar-refractivity contribution in [3.63, 3.8) is 0 Å². The molecule has 3 aromatic rings. The van der Waals surface area contributed by atoms with Crippen LogP contribution < -0.4 is 5.56 Å². The number of rotatable bonds is 1. The lowest BCUT2D eigenvalue weighted by Gasteiger charge is -2.04. The highest BCUT2D eigenvalue weighted by atomic mass is 16.1. The van der Waals surface area contributed by atoms with Gasteiger partial charge in [-0.25, -0.2) is 9.97 Å². The maximum absolute atomic E-state index is 12.1. The Morgan fingerprint density at radius 2 is 1.94 bits per heavy atom. The van der Waals surface area contributed by atoms with Crippen LogP contribution in [0.5, 0.6) is 0 Å². The summed E-state index contributed by atoms with van der Waals surface area (Å²) in [6.07, 6.45) is 2.97. The summed E-state index contributed by atoms with van der Waals surface area (Å²) in [4.78, 5) is 23.0. The maximum Gasteiger partial charge on any atom is 0.283 e. The van der Waals surface area contributed by atoms with E-state index in [1.807, 2.05) is 31.2 Å². The molecule has 5 heteroatoms. The molecule has 0 aliphatic carbocycles. The molecular weight excluding hydrogens is 216 g/mol. The molecule has 0 saturated heterocycles. The topological polar surface area (TPSA) is 63.6 Å². The van der Waals surface area contributed by atoms with Crippen molar-refractivity contribution in [2.75, 3.05) is 0 Å². The molecule has 0 fully saturated rings. The molecule has 0 aliphatic rings. The van der Waals surface area contributed by atoms with Crippen LogP contribution in [0.3, 0.4) is 0 Å². The van der Waals surface area contributed by atoms with Crippen molar-refractivity contribution in [3.05, 3.63) is 52.8 Å². The van der Waals surface area contributed by atoms with E-state index in [0.29, 0.717) is 11.2 Å². The maximum atomic E-state index is 12.1. The number of imidazole rings is 1. The first-order chi connectivity index (χ1) is 8.25. The van der Waals surface area contributed by atoms with E-state index in [0.717, 1.165) is 11.3 Å². The quantitative estimate of drug-likeness (QED) is 0.682. The van der Waals surface area contributed by atoms with Crippen LogP contribution in [0.1, 0.15) is 5.56 Å². The van der Waals surface area contributed by atoms with E-state index in [4.69, 9.17) is 0 Å². The molecule has 17 heavy (non-hydrogen) atoms. The van der Waals surface area contributed by atoms with Crippen LogP contribution in [-0.4, -0.2) is 19.5 Å². The molecule has 0 radical (unpaired) electrons. The van der Waals surface area contributed by atoms with Crippen molar-refractivity contribution in [1.29, 1.82) is 0 Å². The molecule has 0 bridgehead atoms. The van der Waals surface area contributed by atoms with Crippen molar-refractivity contribution < 1.29 is 0 Å². The molecule has 84 valence electrons. The lowest BCUT2D eigenvalue weighted by Crippen LogP contribution is -2.18. The van der Waals surface area contributed by atoms with Gasteiger partial charge >= 0.3 is 0 Å². The zero-order valence-corrected chi connectivity index (χ0v) is 9.21. The summed E-state index contributed by atoms with van der Waals surface area (Å²) >= 11 is 0. The van der Waals surface area contributed by atoms with E-state index in [2.05, 4.69) is 15.0 Å². The van der Waals surface area contributed by atoms with Gasteiger partial charge < -0.3 is 4.98 Å². The highest BCUT2D eigenvalue weighted by Crippen LogP contribution is 2.08. The molecule has 0 spiro atoms. The van der Waals surface area contributed by atoms with E-state index >= 15 is 0 Å². The summed E-state index contributed by atoms with van der Waals surface area (Å²) in [5.74, 6) is 0. The molecule has 0 saturated carbocycles. The van der Waals surface area contributed by atoms with Crippen LogP contribution in [0.25, 0.3) is 16.9 Å². The second-order valence-electron chi connectivity index (χ2n) is 3.86. The lowest BCUT2D eigenvalue weighted by atomic mass is 10.2. The number of nitrogens with one attached hydrogen (secondary N) is 1. The van der Waals surface area contributed by atoms with Crippen LogP contribution in [0.15, 0.2) is 41.7 Å². The van der Waals surface area contributed by atoms with Gasteiger partial charge in [0.1, 0.15) is 6.33 Å². The largest absolute Gasteiger partial charge is 0.339 e. The summed E-state index contributed by atoms with van der Waals surface area (Å²) in [5.41, 5.74) is 2.67. The molecule has 0 atom stereocenters. The van der Waals surface area contributed by atoms with Gasteiger partial charge in [-0.1, -0.05) is 17.7 Å². The zero-order chi connectivity index (χ0) is 11.8. The number of H-pyrrole nitrogens is 1. The fourth-order valence-corrected chi connectivity index (χ4v) is 1.72. The molecule has 2 heterocycles. The number of aromatic amines is 1. The Labute approximate surface area is 96.8 Å². The molecule has 1 N–H and O–H groups in total. The minimum Gasteiger partial charge on any atom is -0.339 e. The van der Waals surface area contributed by atoms with Crippen molar-refractivity contribution in [2.45, 2.75) is 6.92 Å². The minimum absolute atomic E-state index is 0.142. The average Bonchev–Trinajstić information content (AvgIpc) is 2.80. The number of hydrogen-bond acceptors (Lipinski definition) is 3. The van der Waals surface area contributed by atoms with Gasteiger partial charge in [-0.2, -0.15) is 0 Å². The second-order valence-corrected chi connectivity index (χ2v) is 3.86. The molecule has 3 rings (SSSR count). The Balaban J connectivity index is 2.27. The molecule has 5 nitrogen and oxygen atoms in total. The summed E-state index contributed by atoms with van der Waals surface area (Å²) < 4.78 is 1.50. The van der Waals surface area contributed by atoms with Gasteiger partial charge in [0.05, 0.1) is 12.0 Å². The van der Waals surface area contributed by atoms with E-state index in [9.17, 15) is 4.79 Å². The first-order valence-corrected chi connectivity index (χ1v) is 5.23. The zero-order valence-electron chi connectivity index (χ0n) is 9.21. The predicted molar refractivity (Wildman–Crippen MR) is 64.2 cm³/mol. The standard InChI is InChI=1S/C12H10N4O/c1-8-2-4-9(5-3-8)16-7-15-11-10(12(16)17)13-6-14-11/h2-7H,1H3,(H,13,14). The molecule has 2 aromatic heterocycles. The Morgan fingerprint density at radius 1 is 1.18 bits per heavy atom. The van der Waals surface area contributed by atoms with Crippen molar-refractivity contribution in [3.8, 4) is 5.69 Å². The van der Waals surface area contributed by atoms with Crippen LogP contribution >= 0.6 is 0 Å². The smallest absolute Gasteiger partial charge is 0.283 e. The fourth-order valence-electron chi connectivity index (χ4n) is 1.72.